The first-order valence-electron chi connectivity index (χ1n) is 9.01. The van der Waals surface area contributed by atoms with Crippen LogP contribution in [0.1, 0.15) is 35.3 Å². The van der Waals surface area contributed by atoms with Gasteiger partial charge in [-0.1, -0.05) is 43.3 Å². The van der Waals surface area contributed by atoms with Crippen molar-refractivity contribution in [3.05, 3.63) is 71.8 Å². The molecule has 0 saturated carbocycles. The maximum atomic E-state index is 12.9. The molecular formula is C22H23NO4S. The molecule has 0 spiro atoms. The molecule has 1 N–H and O–H groups in total. The molecule has 0 heterocycles. The average Bonchev–Trinajstić information content (AvgIpc) is 2.70. The molecule has 3 aromatic carbocycles. The number of rotatable bonds is 6. The van der Waals surface area contributed by atoms with Gasteiger partial charge < -0.3 is 10.1 Å². The van der Waals surface area contributed by atoms with Crippen molar-refractivity contribution in [3.63, 3.8) is 0 Å². The highest BCUT2D eigenvalue weighted by molar-refractivity contribution is 7.90. The van der Waals surface area contributed by atoms with Gasteiger partial charge in [-0.25, -0.2) is 8.42 Å². The van der Waals surface area contributed by atoms with Crippen molar-refractivity contribution in [2.75, 3.05) is 13.4 Å². The van der Waals surface area contributed by atoms with Crippen LogP contribution in [0.3, 0.4) is 0 Å². The Morgan fingerprint density at radius 3 is 2.18 bits per heavy atom. The van der Waals surface area contributed by atoms with E-state index in [0.29, 0.717) is 17.7 Å². The molecule has 0 aliphatic heterocycles. The molecule has 0 aliphatic carbocycles. The molecule has 3 aromatic rings. The van der Waals surface area contributed by atoms with Gasteiger partial charge in [-0.2, -0.15) is 0 Å². The maximum absolute atomic E-state index is 12.9. The summed E-state index contributed by atoms with van der Waals surface area (Å²) in [7, 11) is -1.71. The van der Waals surface area contributed by atoms with Gasteiger partial charge in [0.05, 0.1) is 23.6 Å². The number of hydrogen-bond acceptors (Lipinski definition) is 4. The zero-order chi connectivity index (χ0) is 20.3. The third-order valence-electron chi connectivity index (χ3n) is 4.74. The number of hydrogen-bond donors (Lipinski definition) is 1. The second-order valence-corrected chi connectivity index (χ2v) is 8.69. The summed E-state index contributed by atoms with van der Waals surface area (Å²) in [4.78, 5) is 13.2. The Balaban J connectivity index is 1.89. The highest BCUT2D eigenvalue weighted by Crippen LogP contribution is 2.27. The van der Waals surface area contributed by atoms with E-state index in [1.54, 1.807) is 31.4 Å². The van der Waals surface area contributed by atoms with Crippen LogP contribution in [0, 0.1) is 0 Å². The van der Waals surface area contributed by atoms with Gasteiger partial charge in [0.15, 0.2) is 9.84 Å². The van der Waals surface area contributed by atoms with Gasteiger partial charge in [-0.3, -0.25) is 4.79 Å². The van der Waals surface area contributed by atoms with Gasteiger partial charge in [-0.15, -0.1) is 0 Å². The van der Waals surface area contributed by atoms with Crippen molar-refractivity contribution in [2.45, 2.75) is 24.3 Å². The molecular weight excluding hydrogens is 374 g/mol. The van der Waals surface area contributed by atoms with E-state index in [0.717, 1.165) is 16.3 Å². The number of carbonyl (C=O) groups is 1. The average molecular weight is 397 g/mol. The fourth-order valence-corrected chi connectivity index (χ4v) is 3.80. The number of carbonyl (C=O) groups excluding carboxylic acids is 1. The van der Waals surface area contributed by atoms with Crippen molar-refractivity contribution in [2.24, 2.45) is 0 Å². The third kappa shape index (κ3) is 4.17. The van der Waals surface area contributed by atoms with E-state index in [4.69, 9.17) is 4.74 Å². The molecule has 5 nitrogen and oxygen atoms in total. The van der Waals surface area contributed by atoms with Crippen LogP contribution in [-0.2, 0) is 9.84 Å². The van der Waals surface area contributed by atoms with Crippen molar-refractivity contribution in [1.29, 1.82) is 0 Å². The lowest BCUT2D eigenvalue weighted by Gasteiger charge is -2.19. The minimum Gasteiger partial charge on any atom is -0.496 e. The van der Waals surface area contributed by atoms with Crippen LogP contribution in [-0.4, -0.2) is 27.7 Å². The molecule has 3 rings (SSSR count). The predicted octanol–water partition coefficient (Wildman–Crippen LogP) is 4.13. The van der Waals surface area contributed by atoms with Gasteiger partial charge in [0.2, 0.25) is 0 Å². The Hall–Kier alpha value is -2.86. The number of fused-ring (bicyclic) bond motifs is 1. The molecule has 6 heteroatoms. The van der Waals surface area contributed by atoms with Crippen LogP contribution in [0.15, 0.2) is 65.6 Å². The summed E-state index contributed by atoms with van der Waals surface area (Å²) in [6.45, 7) is 1.97. The molecule has 0 aromatic heterocycles. The molecule has 0 bridgehead atoms. The molecule has 0 unspecified atom stereocenters. The quantitative estimate of drug-likeness (QED) is 0.679. The zero-order valence-electron chi connectivity index (χ0n) is 16.1. The monoisotopic (exact) mass is 397 g/mol. The second-order valence-electron chi connectivity index (χ2n) is 6.68. The molecule has 146 valence electrons. The van der Waals surface area contributed by atoms with E-state index in [-0.39, 0.29) is 16.8 Å². The fraction of sp³-hybridized carbons (Fsp3) is 0.227. The number of sulfone groups is 1. The minimum atomic E-state index is -3.25. The maximum Gasteiger partial charge on any atom is 0.255 e. The lowest BCUT2D eigenvalue weighted by atomic mass is 10.0. The highest BCUT2D eigenvalue weighted by Gasteiger charge is 2.19. The Morgan fingerprint density at radius 2 is 1.64 bits per heavy atom. The number of amides is 1. The molecule has 28 heavy (non-hydrogen) atoms. The van der Waals surface area contributed by atoms with Crippen molar-refractivity contribution < 1.29 is 17.9 Å². The number of methoxy groups -OCH3 is 1. The Bertz CT molecular complexity index is 1110. The van der Waals surface area contributed by atoms with E-state index in [1.807, 2.05) is 43.3 Å². The topological polar surface area (TPSA) is 72.5 Å². The zero-order valence-corrected chi connectivity index (χ0v) is 16.9. The highest BCUT2D eigenvalue weighted by atomic mass is 32.2. The summed E-state index contributed by atoms with van der Waals surface area (Å²) in [6.07, 6.45) is 1.84. The van der Waals surface area contributed by atoms with Crippen LogP contribution in [0.2, 0.25) is 0 Å². The molecule has 0 radical (unpaired) electrons. The van der Waals surface area contributed by atoms with E-state index >= 15 is 0 Å². The summed E-state index contributed by atoms with van der Waals surface area (Å²) in [5.74, 6) is 0.278. The Morgan fingerprint density at radius 1 is 1.04 bits per heavy atom. The Kier molecular flexibility index (Phi) is 5.70. The lowest BCUT2D eigenvalue weighted by molar-refractivity contribution is 0.0932. The van der Waals surface area contributed by atoms with Crippen LogP contribution < -0.4 is 10.1 Å². The van der Waals surface area contributed by atoms with Crippen LogP contribution in [0.4, 0.5) is 0 Å². The minimum absolute atomic E-state index is 0.235. The largest absolute Gasteiger partial charge is 0.496 e. The summed E-state index contributed by atoms with van der Waals surface area (Å²) in [5.41, 5.74) is 1.32. The third-order valence-corrected chi connectivity index (χ3v) is 5.87. The normalized spacial score (nSPS) is 12.5. The van der Waals surface area contributed by atoms with Gasteiger partial charge in [-0.05, 0) is 47.0 Å². The molecule has 1 atom stereocenters. The fourth-order valence-electron chi connectivity index (χ4n) is 3.17. The van der Waals surface area contributed by atoms with Gasteiger partial charge in [0, 0.05) is 6.26 Å². The van der Waals surface area contributed by atoms with E-state index in [1.165, 1.54) is 6.26 Å². The smallest absolute Gasteiger partial charge is 0.255 e. The summed E-state index contributed by atoms with van der Waals surface area (Å²) in [6, 6.07) is 17.8. The van der Waals surface area contributed by atoms with Crippen LogP contribution in [0.25, 0.3) is 10.8 Å². The van der Waals surface area contributed by atoms with Crippen molar-refractivity contribution >= 4 is 26.5 Å². The van der Waals surface area contributed by atoms with Crippen molar-refractivity contribution in [1.82, 2.24) is 5.32 Å². The number of benzene rings is 3. The summed E-state index contributed by atoms with van der Waals surface area (Å²) in [5, 5.41) is 4.99. The first-order valence-corrected chi connectivity index (χ1v) is 10.9. The Labute approximate surface area is 165 Å². The summed E-state index contributed by atoms with van der Waals surface area (Å²) >= 11 is 0. The van der Waals surface area contributed by atoms with E-state index < -0.39 is 9.84 Å². The number of ether oxygens (including phenoxy) is 1. The van der Waals surface area contributed by atoms with Crippen LogP contribution >= 0.6 is 0 Å². The molecule has 0 aliphatic rings. The predicted molar refractivity (Wildman–Crippen MR) is 111 cm³/mol. The standard InChI is InChI=1S/C22H23NO4S/c1-4-20(15-9-11-18(12-10-15)28(3,25)26)23-22(24)19-13-16-7-5-6-8-17(16)14-21(19)27-2/h5-14,20H,4H2,1-3H3,(H,23,24)/t20-/m0/s1. The van der Waals surface area contributed by atoms with Crippen LogP contribution in [0.5, 0.6) is 5.75 Å². The van der Waals surface area contributed by atoms with Gasteiger partial charge in [0.25, 0.3) is 5.91 Å². The molecule has 0 fully saturated rings. The van der Waals surface area contributed by atoms with E-state index in [9.17, 15) is 13.2 Å². The SMILES string of the molecule is CC[C@H](NC(=O)c1cc2ccccc2cc1OC)c1ccc(S(C)(=O)=O)cc1. The van der Waals surface area contributed by atoms with E-state index in [2.05, 4.69) is 5.32 Å². The molecule has 1 amide bonds. The van der Waals surface area contributed by atoms with Gasteiger partial charge in [0.1, 0.15) is 5.75 Å². The number of nitrogens with one attached hydrogen (secondary N) is 1. The van der Waals surface area contributed by atoms with Gasteiger partial charge >= 0.3 is 0 Å². The first kappa shape index (κ1) is 19.9. The lowest BCUT2D eigenvalue weighted by Crippen LogP contribution is -2.28. The summed E-state index contributed by atoms with van der Waals surface area (Å²) < 4.78 is 28.7. The van der Waals surface area contributed by atoms with Crippen molar-refractivity contribution in [3.8, 4) is 5.75 Å². The molecule has 0 saturated heterocycles. The first-order chi connectivity index (χ1) is 13.3. The second kappa shape index (κ2) is 8.02.